The van der Waals surface area contributed by atoms with Gasteiger partial charge >= 0.3 is 0 Å². The SMILES string of the molecule is CC(C)(C)c1c2c(cc3c1CCC3CC(C)(C)c1c3c(c(F)c4c1CCC4)CCC3)CCC2. The molecule has 176 valence electrons. The Hall–Kier alpha value is -1.63. The van der Waals surface area contributed by atoms with Crippen LogP contribution in [-0.4, -0.2) is 0 Å². The van der Waals surface area contributed by atoms with Crippen molar-refractivity contribution < 1.29 is 4.39 Å². The lowest BCUT2D eigenvalue weighted by Crippen LogP contribution is -2.25. The molecule has 2 aromatic rings. The van der Waals surface area contributed by atoms with E-state index in [9.17, 15) is 0 Å². The van der Waals surface area contributed by atoms with Gasteiger partial charge in [-0.25, -0.2) is 4.39 Å². The number of hydrogen-bond acceptors (Lipinski definition) is 0. The fourth-order valence-corrected chi connectivity index (χ4v) is 8.46. The molecule has 0 aliphatic heterocycles. The van der Waals surface area contributed by atoms with Crippen LogP contribution >= 0.6 is 0 Å². The first-order valence-electron chi connectivity index (χ1n) is 13.7. The van der Waals surface area contributed by atoms with Crippen LogP contribution in [0.3, 0.4) is 0 Å². The zero-order valence-corrected chi connectivity index (χ0v) is 21.5. The fourth-order valence-electron chi connectivity index (χ4n) is 8.46. The maximum absolute atomic E-state index is 15.3. The second kappa shape index (κ2) is 7.43. The zero-order chi connectivity index (χ0) is 23.1. The van der Waals surface area contributed by atoms with Gasteiger partial charge in [0.1, 0.15) is 5.82 Å². The Balaban J connectivity index is 1.43. The van der Waals surface area contributed by atoms with E-state index in [2.05, 4.69) is 40.7 Å². The smallest absolute Gasteiger partial charge is 0.130 e. The van der Waals surface area contributed by atoms with Gasteiger partial charge in [0.25, 0.3) is 0 Å². The molecule has 0 aromatic heterocycles. The third-order valence-electron chi connectivity index (χ3n) is 9.48. The van der Waals surface area contributed by atoms with Gasteiger partial charge in [-0.05, 0) is 149 Å². The molecule has 0 spiro atoms. The van der Waals surface area contributed by atoms with Gasteiger partial charge < -0.3 is 0 Å². The Bertz CT molecular complexity index is 1110. The number of halogens is 1. The summed E-state index contributed by atoms with van der Waals surface area (Å²) in [5, 5.41) is 0. The molecule has 0 radical (unpaired) electrons. The summed E-state index contributed by atoms with van der Waals surface area (Å²) in [6, 6.07) is 2.63. The average Bonchev–Trinajstić information content (AvgIpc) is 3.52. The van der Waals surface area contributed by atoms with Crippen molar-refractivity contribution in [2.75, 3.05) is 0 Å². The topological polar surface area (TPSA) is 0 Å². The average molecular weight is 445 g/mol. The molecule has 0 heterocycles. The minimum absolute atomic E-state index is 0.101. The second-order valence-electron chi connectivity index (χ2n) is 13.2. The highest BCUT2D eigenvalue weighted by Gasteiger charge is 2.40. The Kier molecular flexibility index (Phi) is 4.93. The molecule has 0 amide bonds. The molecular weight excluding hydrogens is 403 g/mol. The van der Waals surface area contributed by atoms with E-state index in [-0.39, 0.29) is 16.6 Å². The number of benzene rings is 2. The largest absolute Gasteiger partial charge is 0.206 e. The molecule has 4 aliphatic carbocycles. The maximum atomic E-state index is 15.3. The highest BCUT2D eigenvalue weighted by atomic mass is 19.1. The van der Waals surface area contributed by atoms with E-state index in [0.717, 1.165) is 49.7 Å². The highest BCUT2D eigenvalue weighted by Crippen LogP contribution is 2.51. The van der Waals surface area contributed by atoms with Crippen LogP contribution in [-0.2, 0) is 55.8 Å². The predicted octanol–water partition coefficient (Wildman–Crippen LogP) is 7.99. The van der Waals surface area contributed by atoms with Crippen LogP contribution in [0.4, 0.5) is 4.39 Å². The Morgan fingerprint density at radius 1 is 0.697 bits per heavy atom. The molecular formula is C32H41F. The quantitative estimate of drug-likeness (QED) is 0.450. The molecule has 33 heavy (non-hydrogen) atoms. The molecule has 0 bridgehead atoms. The molecule has 1 heteroatoms. The van der Waals surface area contributed by atoms with E-state index < -0.39 is 0 Å². The lowest BCUT2D eigenvalue weighted by atomic mass is 9.70. The van der Waals surface area contributed by atoms with Gasteiger partial charge in [0.05, 0.1) is 0 Å². The molecule has 0 N–H and O–H groups in total. The Morgan fingerprint density at radius 3 is 1.91 bits per heavy atom. The molecule has 0 saturated carbocycles. The summed E-state index contributed by atoms with van der Waals surface area (Å²) in [6.07, 6.45) is 13.9. The van der Waals surface area contributed by atoms with Crippen LogP contribution < -0.4 is 0 Å². The van der Waals surface area contributed by atoms with Crippen LogP contribution in [0.2, 0.25) is 0 Å². The van der Waals surface area contributed by atoms with Crippen molar-refractivity contribution in [2.45, 2.75) is 128 Å². The first kappa shape index (κ1) is 21.9. The van der Waals surface area contributed by atoms with Crippen molar-refractivity contribution in [3.63, 3.8) is 0 Å². The minimum atomic E-state index is 0.101. The summed E-state index contributed by atoms with van der Waals surface area (Å²) < 4.78 is 15.3. The van der Waals surface area contributed by atoms with Gasteiger partial charge in [0.15, 0.2) is 0 Å². The summed E-state index contributed by atoms with van der Waals surface area (Å²) in [5.74, 6) is 0.812. The zero-order valence-electron chi connectivity index (χ0n) is 21.5. The summed E-state index contributed by atoms with van der Waals surface area (Å²) in [5.41, 5.74) is 15.3. The first-order valence-corrected chi connectivity index (χ1v) is 13.7. The van der Waals surface area contributed by atoms with E-state index in [0.29, 0.717) is 5.92 Å². The summed E-state index contributed by atoms with van der Waals surface area (Å²) in [7, 11) is 0. The first-order chi connectivity index (χ1) is 15.7. The van der Waals surface area contributed by atoms with E-state index in [4.69, 9.17) is 0 Å². The van der Waals surface area contributed by atoms with Crippen LogP contribution in [0.25, 0.3) is 0 Å². The standard InChI is InChI=1S/C32H41F/c1-31(2,3)28-21-10-6-9-19(21)17-27-20(15-16-24(27)28)18-32(4,5)29-22-11-7-13-25(22)30(33)26-14-8-12-23(26)29/h17,20H,6-16,18H2,1-5H3. The van der Waals surface area contributed by atoms with E-state index >= 15 is 4.39 Å². The number of rotatable bonds is 3. The molecule has 1 unspecified atom stereocenters. The molecule has 0 saturated heterocycles. The number of fused-ring (bicyclic) bond motifs is 4. The highest BCUT2D eigenvalue weighted by molar-refractivity contribution is 5.56. The number of aryl methyl sites for hydroxylation is 1. The van der Waals surface area contributed by atoms with Crippen LogP contribution in [0, 0.1) is 5.82 Å². The maximum Gasteiger partial charge on any atom is 0.130 e. The van der Waals surface area contributed by atoms with Gasteiger partial charge in [-0.2, -0.15) is 0 Å². The van der Waals surface area contributed by atoms with E-state index in [1.807, 2.05) is 0 Å². The molecule has 1 atom stereocenters. The summed E-state index contributed by atoms with van der Waals surface area (Å²) in [6.45, 7) is 12.2. The summed E-state index contributed by atoms with van der Waals surface area (Å²) >= 11 is 0. The van der Waals surface area contributed by atoms with Gasteiger partial charge in [-0.1, -0.05) is 40.7 Å². The lowest BCUT2D eigenvalue weighted by molar-refractivity contribution is 0.416. The summed E-state index contributed by atoms with van der Waals surface area (Å²) in [4.78, 5) is 0. The Morgan fingerprint density at radius 2 is 1.27 bits per heavy atom. The van der Waals surface area contributed by atoms with Gasteiger partial charge in [-0.15, -0.1) is 0 Å². The van der Waals surface area contributed by atoms with Crippen molar-refractivity contribution in [1.82, 2.24) is 0 Å². The molecule has 0 fully saturated rings. The Labute approximate surface area is 200 Å². The van der Waals surface area contributed by atoms with Gasteiger partial charge in [0, 0.05) is 0 Å². The van der Waals surface area contributed by atoms with Gasteiger partial charge in [-0.3, -0.25) is 0 Å². The molecule has 4 aliphatic rings. The van der Waals surface area contributed by atoms with Crippen molar-refractivity contribution in [2.24, 2.45) is 0 Å². The third-order valence-corrected chi connectivity index (χ3v) is 9.48. The second-order valence-corrected chi connectivity index (χ2v) is 13.2. The fraction of sp³-hybridized carbons (Fsp3) is 0.625. The van der Waals surface area contributed by atoms with Crippen molar-refractivity contribution in [3.8, 4) is 0 Å². The van der Waals surface area contributed by atoms with Crippen molar-refractivity contribution in [1.29, 1.82) is 0 Å². The minimum Gasteiger partial charge on any atom is -0.206 e. The van der Waals surface area contributed by atoms with E-state index in [1.54, 1.807) is 33.4 Å². The predicted molar refractivity (Wildman–Crippen MR) is 136 cm³/mol. The van der Waals surface area contributed by atoms with Crippen LogP contribution in [0.15, 0.2) is 6.07 Å². The van der Waals surface area contributed by atoms with Crippen molar-refractivity contribution in [3.05, 3.63) is 67.5 Å². The monoisotopic (exact) mass is 444 g/mol. The normalized spacial score (nSPS) is 21.3. The van der Waals surface area contributed by atoms with Crippen LogP contribution in [0.5, 0.6) is 0 Å². The van der Waals surface area contributed by atoms with Crippen LogP contribution in [0.1, 0.15) is 128 Å². The van der Waals surface area contributed by atoms with Gasteiger partial charge in [0.2, 0.25) is 0 Å². The lowest BCUT2D eigenvalue weighted by Gasteiger charge is -2.34. The van der Waals surface area contributed by atoms with Crippen molar-refractivity contribution >= 4 is 0 Å². The molecule has 2 aromatic carbocycles. The molecule has 0 nitrogen and oxygen atoms in total. The third kappa shape index (κ3) is 3.28. The van der Waals surface area contributed by atoms with E-state index in [1.165, 1.54) is 49.7 Å². The number of hydrogen-bond donors (Lipinski definition) is 0. The molecule has 6 rings (SSSR count).